The van der Waals surface area contributed by atoms with Gasteiger partial charge in [-0.25, -0.2) is 8.42 Å². The van der Waals surface area contributed by atoms with E-state index in [-0.39, 0.29) is 11.7 Å². The van der Waals surface area contributed by atoms with E-state index in [0.717, 1.165) is 18.4 Å². The van der Waals surface area contributed by atoms with E-state index in [2.05, 4.69) is 4.72 Å². The number of nitrogens with one attached hydrogen (secondary N) is 1. The van der Waals surface area contributed by atoms with Gasteiger partial charge in [-0.15, -0.1) is 0 Å². The van der Waals surface area contributed by atoms with Crippen LogP contribution in [0.5, 0.6) is 0 Å². The topological polar surface area (TPSA) is 66.5 Å². The summed E-state index contributed by atoms with van der Waals surface area (Å²) in [5.74, 6) is -0.858. The van der Waals surface area contributed by atoms with E-state index in [1.54, 1.807) is 24.0 Å². The largest absolute Gasteiger partial charge is 0.342 e. The Morgan fingerprint density at radius 3 is 2.13 bits per heavy atom. The number of benzene rings is 1. The van der Waals surface area contributed by atoms with Crippen molar-refractivity contribution in [2.45, 2.75) is 40.5 Å². The van der Waals surface area contributed by atoms with Gasteiger partial charge in [0, 0.05) is 18.8 Å². The zero-order valence-corrected chi connectivity index (χ0v) is 15.3. The number of hydrogen-bond acceptors (Lipinski definition) is 3. The number of anilines is 1. The van der Waals surface area contributed by atoms with Crippen molar-refractivity contribution in [3.8, 4) is 0 Å². The number of nitrogens with zero attached hydrogens (tertiary/aromatic N) is 1. The van der Waals surface area contributed by atoms with E-state index in [1.807, 2.05) is 32.9 Å². The average Bonchev–Trinajstić information content (AvgIpc) is 2.48. The molecule has 1 aromatic rings. The Morgan fingerprint density at radius 2 is 1.65 bits per heavy atom. The van der Waals surface area contributed by atoms with Crippen molar-refractivity contribution in [1.82, 2.24) is 4.90 Å². The highest BCUT2D eigenvalue weighted by Gasteiger charge is 2.25. The summed E-state index contributed by atoms with van der Waals surface area (Å²) in [6.07, 6.45) is 1.74. The van der Waals surface area contributed by atoms with Gasteiger partial charge in [0.1, 0.15) is 0 Å². The number of aryl methyl sites for hydroxylation is 1. The Morgan fingerprint density at radius 1 is 1.13 bits per heavy atom. The zero-order valence-electron chi connectivity index (χ0n) is 14.5. The molecular weight excluding hydrogens is 312 g/mol. The van der Waals surface area contributed by atoms with Gasteiger partial charge in [-0.05, 0) is 31.9 Å². The van der Waals surface area contributed by atoms with E-state index in [0.29, 0.717) is 18.8 Å². The molecule has 1 unspecified atom stereocenters. The number of rotatable bonds is 9. The second-order valence-corrected chi connectivity index (χ2v) is 7.74. The van der Waals surface area contributed by atoms with Gasteiger partial charge in [0.05, 0.1) is 11.7 Å². The summed E-state index contributed by atoms with van der Waals surface area (Å²) in [5, 5.41) is 0. The van der Waals surface area contributed by atoms with Gasteiger partial charge in [-0.2, -0.15) is 0 Å². The highest BCUT2D eigenvalue weighted by atomic mass is 32.2. The summed E-state index contributed by atoms with van der Waals surface area (Å²) < 4.78 is 27.0. The molecule has 0 aliphatic heterocycles. The SMILES string of the molecule is CCCN(CCC)C(=O)C(C)CS(=O)(=O)Nc1ccc(C)cc1. The lowest BCUT2D eigenvalue weighted by Gasteiger charge is -2.25. The predicted octanol–water partition coefficient (Wildman–Crippen LogP) is 3.02. The third-order valence-corrected chi connectivity index (χ3v) is 5.00. The van der Waals surface area contributed by atoms with Crippen LogP contribution in [0.15, 0.2) is 24.3 Å². The average molecular weight is 340 g/mol. The zero-order chi connectivity index (χ0) is 17.5. The maximum atomic E-state index is 12.4. The Balaban J connectivity index is 2.71. The number of amides is 1. The standard InChI is InChI=1S/C17H28N2O3S/c1-5-11-19(12-6-2)17(20)15(4)13-23(21,22)18-16-9-7-14(3)8-10-16/h7-10,15,18H,5-6,11-13H2,1-4H3. The summed E-state index contributed by atoms with van der Waals surface area (Å²) >= 11 is 0. The molecule has 6 heteroatoms. The van der Waals surface area contributed by atoms with E-state index in [9.17, 15) is 13.2 Å². The smallest absolute Gasteiger partial charge is 0.233 e. The molecule has 0 fully saturated rings. The maximum Gasteiger partial charge on any atom is 0.233 e. The van der Waals surface area contributed by atoms with Gasteiger partial charge >= 0.3 is 0 Å². The molecule has 1 rings (SSSR count). The maximum absolute atomic E-state index is 12.4. The Kier molecular flexibility index (Phi) is 7.55. The third kappa shape index (κ3) is 6.60. The molecule has 5 nitrogen and oxygen atoms in total. The molecule has 0 bridgehead atoms. The van der Waals surface area contributed by atoms with E-state index >= 15 is 0 Å². The minimum absolute atomic E-state index is 0.0945. The van der Waals surface area contributed by atoms with Gasteiger partial charge in [0.25, 0.3) is 0 Å². The molecule has 130 valence electrons. The lowest BCUT2D eigenvalue weighted by atomic mass is 10.1. The quantitative estimate of drug-likeness (QED) is 0.751. The second-order valence-electron chi connectivity index (χ2n) is 5.98. The minimum Gasteiger partial charge on any atom is -0.342 e. The van der Waals surface area contributed by atoms with Crippen LogP contribution >= 0.6 is 0 Å². The van der Waals surface area contributed by atoms with Crippen molar-refractivity contribution in [2.24, 2.45) is 5.92 Å². The van der Waals surface area contributed by atoms with E-state index < -0.39 is 15.9 Å². The number of hydrogen-bond donors (Lipinski definition) is 1. The summed E-state index contributed by atoms with van der Waals surface area (Å²) in [6, 6.07) is 7.13. The number of carbonyl (C=O) groups excluding carboxylic acids is 1. The molecule has 0 aliphatic rings. The Hall–Kier alpha value is -1.56. The molecule has 23 heavy (non-hydrogen) atoms. The molecule has 0 aromatic heterocycles. The molecular formula is C17H28N2O3S. The van der Waals surface area contributed by atoms with Crippen molar-refractivity contribution < 1.29 is 13.2 Å². The fraction of sp³-hybridized carbons (Fsp3) is 0.588. The third-order valence-electron chi connectivity index (χ3n) is 3.51. The van der Waals surface area contributed by atoms with E-state index in [4.69, 9.17) is 0 Å². The minimum atomic E-state index is -3.55. The van der Waals surface area contributed by atoms with Crippen LogP contribution in [0.4, 0.5) is 5.69 Å². The summed E-state index contributed by atoms with van der Waals surface area (Å²) in [4.78, 5) is 14.2. The van der Waals surface area contributed by atoms with Crippen molar-refractivity contribution in [2.75, 3.05) is 23.6 Å². The molecule has 1 amide bonds. The molecule has 0 heterocycles. The van der Waals surface area contributed by atoms with Gasteiger partial charge in [0.15, 0.2) is 0 Å². The van der Waals surface area contributed by atoms with Crippen LogP contribution in [0.1, 0.15) is 39.2 Å². The fourth-order valence-corrected chi connectivity index (χ4v) is 3.81. The molecule has 0 saturated heterocycles. The highest BCUT2D eigenvalue weighted by Crippen LogP contribution is 2.14. The molecule has 1 aromatic carbocycles. The van der Waals surface area contributed by atoms with Gasteiger partial charge in [0.2, 0.25) is 15.9 Å². The monoisotopic (exact) mass is 340 g/mol. The van der Waals surface area contributed by atoms with Crippen LogP contribution in [-0.4, -0.2) is 38.1 Å². The van der Waals surface area contributed by atoms with Crippen LogP contribution in [0, 0.1) is 12.8 Å². The summed E-state index contributed by atoms with van der Waals surface area (Å²) in [6.45, 7) is 8.97. The van der Waals surface area contributed by atoms with Gasteiger partial charge < -0.3 is 4.90 Å². The first-order valence-electron chi connectivity index (χ1n) is 8.15. The van der Waals surface area contributed by atoms with Gasteiger partial charge in [-0.1, -0.05) is 38.5 Å². The normalized spacial score (nSPS) is 12.7. The molecule has 0 radical (unpaired) electrons. The summed E-state index contributed by atoms with van der Waals surface area (Å²) in [5.41, 5.74) is 1.58. The van der Waals surface area contributed by atoms with Crippen LogP contribution in [0.3, 0.4) is 0 Å². The van der Waals surface area contributed by atoms with Crippen molar-refractivity contribution in [1.29, 1.82) is 0 Å². The molecule has 0 spiro atoms. The van der Waals surface area contributed by atoms with Crippen molar-refractivity contribution in [3.05, 3.63) is 29.8 Å². The molecule has 1 N–H and O–H groups in total. The lowest BCUT2D eigenvalue weighted by Crippen LogP contribution is -2.39. The lowest BCUT2D eigenvalue weighted by molar-refractivity contribution is -0.134. The molecule has 0 saturated carbocycles. The Bertz CT molecular complexity index is 591. The second kappa shape index (κ2) is 8.91. The molecule has 0 aliphatic carbocycles. The van der Waals surface area contributed by atoms with Crippen molar-refractivity contribution >= 4 is 21.6 Å². The first-order valence-corrected chi connectivity index (χ1v) is 9.80. The van der Waals surface area contributed by atoms with E-state index in [1.165, 1.54) is 0 Å². The van der Waals surface area contributed by atoms with Crippen LogP contribution in [-0.2, 0) is 14.8 Å². The predicted molar refractivity (Wildman–Crippen MR) is 94.9 cm³/mol. The van der Waals surface area contributed by atoms with Crippen molar-refractivity contribution in [3.63, 3.8) is 0 Å². The first-order chi connectivity index (χ1) is 10.8. The van der Waals surface area contributed by atoms with Crippen LogP contribution in [0.2, 0.25) is 0 Å². The molecule has 1 atom stereocenters. The highest BCUT2D eigenvalue weighted by molar-refractivity contribution is 7.92. The fourth-order valence-electron chi connectivity index (χ4n) is 2.43. The van der Waals surface area contributed by atoms with Gasteiger partial charge in [-0.3, -0.25) is 9.52 Å². The number of sulfonamides is 1. The summed E-state index contributed by atoms with van der Waals surface area (Å²) in [7, 11) is -3.55. The van der Waals surface area contributed by atoms with Crippen LogP contribution < -0.4 is 4.72 Å². The number of carbonyl (C=O) groups is 1. The van der Waals surface area contributed by atoms with Crippen LogP contribution in [0.25, 0.3) is 0 Å². The first kappa shape index (κ1) is 19.5. The Labute approximate surface area is 140 Å².